The van der Waals surface area contributed by atoms with Crippen LogP contribution in [0.4, 0.5) is 0 Å². The van der Waals surface area contributed by atoms with Crippen molar-refractivity contribution < 1.29 is 4.79 Å². The molecule has 0 aromatic carbocycles. The Hall–Kier alpha value is -0.850. The lowest BCUT2D eigenvalue weighted by atomic mass is 10.2. The molecule has 0 spiro atoms. The van der Waals surface area contributed by atoms with Crippen LogP contribution in [0.15, 0.2) is 23.8 Å². The van der Waals surface area contributed by atoms with E-state index in [4.69, 9.17) is 0 Å². The van der Waals surface area contributed by atoms with Gasteiger partial charge in [-0.2, -0.15) is 0 Å². The van der Waals surface area contributed by atoms with E-state index in [1.165, 1.54) is 5.57 Å². The predicted molar refractivity (Wildman–Crippen MR) is 43.9 cm³/mol. The summed E-state index contributed by atoms with van der Waals surface area (Å²) in [5.41, 5.74) is 1.20. The van der Waals surface area contributed by atoms with Gasteiger partial charge < -0.3 is 0 Å². The number of carbonyl (C=O) groups excluding carboxylic acids is 1. The average Bonchev–Trinajstić information content (AvgIpc) is 1.87. The van der Waals surface area contributed by atoms with E-state index in [0.717, 1.165) is 0 Å². The highest BCUT2D eigenvalue weighted by atomic mass is 16.1. The lowest BCUT2D eigenvalue weighted by Gasteiger charge is -1.86. The van der Waals surface area contributed by atoms with Gasteiger partial charge in [-0.3, -0.25) is 4.79 Å². The van der Waals surface area contributed by atoms with Crippen molar-refractivity contribution in [1.82, 2.24) is 0 Å². The molecule has 1 nitrogen and oxygen atoms in total. The second kappa shape index (κ2) is 4.98. The van der Waals surface area contributed by atoms with Gasteiger partial charge in [0.25, 0.3) is 0 Å². The first-order chi connectivity index (χ1) is 4.66. The monoisotopic (exact) mass is 138 g/mol. The maximum absolute atomic E-state index is 10.4. The van der Waals surface area contributed by atoms with Gasteiger partial charge in [0.15, 0.2) is 0 Å². The number of ketones is 1. The van der Waals surface area contributed by atoms with Crippen molar-refractivity contribution in [3.63, 3.8) is 0 Å². The number of rotatable bonds is 3. The molecule has 1 heteroatoms. The smallest absolute Gasteiger partial charge is 0.133 e. The van der Waals surface area contributed by atoms with Gasteiger partial charge in [-0.25, -0.2) is 0 Å². The molecule has 0 saturated heterocycles. The van der Waals surface area contributed by atoms with Crippen molar-refractivity contribution in [2.75, 3.05) is 0 Å². The minimum absolute atomic E-state index is 0.208. The Balaban J connectivity index is 3.67. The SMILES string of the molecule is CC=C(C)C=CCC(C)=O. The molecule has 0 aliphatic heterocycles. The zero-order valence-electron chi connectivity index (χ0n) is 6.85. The van der Waals surface area contributed by atoms with Crippen LogP contribution in [-0.4, -0.2) is 5.78 Å². The first kappa shape index (κ1) is 9.15. The van der Waals surface area contributed by atoms with Gasteiger partial charge in [0, 0.05) is 6.42 Å². The van der Waals surface area contributed by atoms with Gasteiger partial charge in [0.05, 0.1) is 0 Å². The fourth-order valence-corrected chi connectivity index (χ4v) is 0.507. The third kappa shape index (κ3) is 5.29. The van der Waals surface area contributed by atoms with Gasteiger partial charge in [-0.05, 0) is 20.8 Å². The normalized spacial score (nSPS) is 12.5. The van der Waals surface area contributed by atoms with Crippen LogP contribution >= 0.6 is 0 Å². The van der Waals surface area contributed by atoms with Crippen LogP contribution in [0.1, 0.15) is 27.2 Å². The largest absolute Gasteiger partial charge is 0.300 e. The van der Waals surface area contributed by atoms with E-state index >= 15 is 0 Å². The van der Waals surface area contributed by atoms with Crippen LogP contribution in [-0.2, 0) is 4.79 Å². The van der Waals surface area contributed by atoms with E-state index < -0.39 is 0 Å². The Morgan fingerprint density at radius 1 is 1.40 bits per heavy atom. The van der Waals surface area contributed by atoms with Crippen LogP contribution in [0.5, 0.6) is 0 Å². The fraction of sp³-hybridized carbons (Fsp3) is 0.444. The molecule has 0 aliphatic rings. The number of hydrogen-bond acceptors (Lipinski definition) is 1. The molecule has 0 N–H and O–H groups in total. The molecule has 0 radical (unpaired) electrons. The van der Waals surface area contributed by atoms with E-state index in [2.05, 4.69) is 0 Å². The van der Waals surface area contributed by atoms with Crippen molar-refractivity contribution in [2.24, 2.45) is 0 Å². The fourth-order valence-electron chi connectivity index (χ4n) is 0.507. The number of hydrogen-bond donors (Lipinski definition) is 0. The molecule has 0 heterocycles. The topological polar surface area (TPSA) is 17.1 Å². The summed E-state index contributed by atoms with van der Waals surface area (Å²) in [6.45, 7) is 5.58. The molecule has 0 fully saturated rings. The average molecular weight is 138 g/mol. The number of Topliss-reactive ketones (excluding diaryl/α,β-unsaturated/α-hetero) is 1. The summed E-state index contributed by atoms with van der Waals surface area (Å²) in [7, 11) is 0. The van der Waals surface area contributed by atoms with Crippen molar-refractivity contribution >= 4 is 5.78 Å². The van der Waals surface area contributed by atoms with Crippen molar-refractivity contribution in [2.45, 2.75) is 27.2 Å². The van der Waals surface area contributed by atoms with Crippen LogP contribution in [0.3, 0.4) is 0 Å². The van der Waals surface area contributed by atoms with Gasteiger partial charge in [-0.15, -0.1) is 0 Å². The summed E-state index contributed by atoms with van der Waals surface area (Å²) in [6.07, 6.45) is 6.40. The maximum atomic E-state index is 10.4. The van der Waals surface area contributed by atoms with Gasteiger partial charge in [-0.1, -0.05) is 23.8 Å². The lowest BCUT2D eigenvalue weighted by molar-refractivity contribution is -0.116. The standard InChI is InChI=1S/C9H14O/c1-4-8(2)6-5-7-9(3)10/h4-6H,7H2,1-3H3. The van der Waals surface area contributed by atoms with E-state index in [-0.39, 0.29) is 5.78 Å². The summed E-state index contributed by atoms with van der Waals surface area (Å²) >= 11 is 0. The number of allylic oxidation sites excluding steroid dienone is 4. The molecule has 0 aliphatic carbocycles. The van der Waals surface area contributed by atoms with Crippen molar-refractivity contribution in [1.29, 1.82) is 0 Å². The molecule has 0 amide bonds. The quantitative estimate of drug-likeness (QED) is 0.547. The van der Waals surface area contributed by atoms with Gasteiger partial charge in [0.1, 0.15) is 5.78 Å². The van der Waals surface area contributed by atoms with Crippen LogP contribution < -0.4 is 0 Å². The highest BCUT2D eigenvalue weighted by Crippen LogP contribution is 1.95. The zero-order valence-corrected chi connectivity index (χ0v) is 6.85. The summed E-state index contributed by atoms with van der Waals surface area (Å²) in [5.74, 6) is 0.208. The third-order valence-electron chi connectivity index (χ3n) is 1.24. The van der Waals surface area contributed by atoms with Crippen LogP contribution in [0.25, 0.3) is 0 Å². The van der Waals surface area contributed by atoms with Crippen molar-refractivity contribution in [3.05, 3.63) is 23.8 Å². The predicted octanol–water partition coefficient (Wildman–Crippen LogP) is 2.49. The summed E-state index contributed by atoms with van der Waals surface area (Å²) in [4.78, 5) is 10.4. The first-order valence-electron chi connectivity index (χ1n) is 3.45. The first-order valence-corrected chi connectivity index (χ1v) is 3.45. The Labute approximate surface area is 62.4 Å². The van der Waals surface area contributed by atoms with Crippen LogP contribution in [0, 0.1) is 0 Å². The zero-order chi connectivity index (χ0) is 7.98. The molecule has 0 rings (SSSR count). The minimum atomic E-state index is 0.208. The molecule has 0 saturated carbocycles. The van der Waals surface area contributed by atoms with E-state index in [1.807, 2.05) is 32.1 Å². The Morgan fingerprint density at radius 2 is 2.00 bits per heavy atom. The Kier molecular flexibility index (Phi) is 4.55. The Bertz CT molecular complexity index is 164. The maximum Gasteiger partial charge on any atom is 0.133 e. The van der Waals surface area contributed by atoms with E-state index in [9.17, 15) is 4.79 Å². The molecule has 0 aromatic heterocycles. The highest BCUT2D eigenvalue weighted by molar-refractivity contribution is 5.77. The molecular weight excluding hydrogens is 124 g/mol. The van der Waals surface area contributed by atoms with E-state index in [1.54, 1.807) is 6.92 Å². The summed E-state index contributed by atoms with van der Waals surface area (Å²) in [5, 5.41) is 0. The molecule has 0 aromatic rings. The number of carbonyl (C=O) groups is 1. The highest BCUT2D eigenvalue weighted by Gasteiger charge is 1.84. The molecule has 56 valence electrons. The second-order valence-electron chi connectivity index (χ2n) is 2.34. The Morgan fingerprint density at radius 3 is 2.40 bits per heavy atom. The third-order valence-corrected chi connectivity index (χ3v) is 1.24. The van der Waals surface area contributed by atoms with Gasteiger partial charge in [0.2, 0.25) is 0 Å². The summed E-state index contributed by atoms with van der Waals surface area (Å²) in [6, 6.07) is 0. The van der Waals surface area contributed by atoms with Crippen molar-refractivity contribution in [3.8, 4) is 0 Å². The lowest BCUT2D eigenvalue weighted by Crippen LogP contribution is -1.83. The molecule has 0 unspecified atom stereocenters. The summed E-state index contributed by atoms with van der Waals surface area (Å²) < 4.78 is 0. The molecule has 0 atom stereocenters. The van der Waals surface area contributed by atoms with E-state index in [0.29, 0.717) is 6.42 Å². The molecule has 10 heavy (non-hydrogen) atoms. The van der Waals surface area contributed by atoms with Crippen LogP contribution in [0.2, 0.25) is 0 Å². The van der Waals surface area contributed by atoms with Gasteiger partial charge >= 0.3 is 0 Å². The minimum Gasteiger partial charge on any atom is -0.300 e. The second-order valence-corrected chi connectivity index (χ2v) is 2.34. The molecule has 0 bridgehead atoms. The molecular formula is C9H14O.